The predicted molar refractivity (Wildman–Crippen MR) is 128 cm³/mol. The molecular weight excluding hydrogens is 449 g/mol. The number of carbonyl (C=O) groups is 2. The molecule has 1 aromatic carbocycles. The van der Waals surface area contributed by atoms with Gasteiger partial charge in [-0.25, -0.2) is 9.37 Å². The van der Waals surface area contributed by atoms with Crippen LogP contribution in [0.25, 0.3) is 22.7 Å². The molecule has 0 radical (unpaired) electrons. The molecule has 0 N–H and O–H groups in total. The molecule has 2 fully saturated rings. The van der Waals surface area contributed by atoms with E-state index < -0.39 is 0 Å². The molecular formula is C27H30FN3O4. The van der Waals surface area contributed by atoms with Crippen molar-refractivity contribution in [2.45, 2.75) is 51.5 Å². The summed E-state index contributed by atoms with van der Waals surface area (Å²) in [5.41, 5.74) is 2.28. The summed E-state index contributed by atoms with van der Waals surface area (Å²) in [6.07, 6.45) is 7.71. The Morgan fingerprint density at radius 2 is 1.86 bits per heavy atom. The number of benzene rings is 1. The van der Waals surface area contributed by atoms with E-state index in [-0.39, 0.29) is 29.4 Å². The Labute approximate surface area is 203 Å². The van der Waals surface area contributed by atoms with Gasteiger partial charge in [0, 0.05) is 24.7 Å². The molecule has 5 rings (SSSR count). The second kappa shape index (κ2) is 10.1. The first kappa shape index (κ1) is 23.3. The van der Waals surface area contributed by atoms with Crippen molar-refractivity contribution in [3.8, 4) is 22.7 Å². The average Bonchev–Trinajstić information content (AvgIpc) is 3.64. The zero-order chi connectivity index (χ0) is 24.4. The van der Waals surface area contributed by atoms with Crippen LogP contribution in [0.3, 0.4) is 0 Å². The standard InChI is InChI=1S/C27H30FN3O4/c1-2-34-27(33)19-6-5-15-30(16-19)26(32)23-14-13-22(35-23)25-24(18-9-11-20(28)12-10-18)29-17-31(25)21-7-3-4-8-21/h9-14,17,19,21H,2-8,15-16H2,1H3. The van der Waals surface area contributed by atoms with Crippen LogP contribution < -0.4 is 0 Å². The van der Waals surface area contributed by atoms with Gasteiger partial charge in [0.1, 0.15) is 11.5 Å². The molecule has 0 spiro atoms. The van der Waals surface area contributed by atoms with Gasteiger partial charge in [-0.3, -0.25) is 9.59 Å². The van der Waals surface area contributed by atoms with Crippen LogP contribution in [0, 0.1) is 11.7 Å². The normalized spacial score (nSPS) is 18.7. The number of aromatic nitrogens is 2. The quantitative estimate of drug-likeness (QED) is 0.438. The van der Waals surface area contributed by atoms with Gasteiger partial charge < -0.3 is 18.6 Å². The smallest absolute Gasteiger partial charge is 0.310 e. The number of furan rings is 1. The fraction of sp³-hybridized carbons (Fsp3) is 0.444. The summed E-state index contributed by atoms with van der Waals surface area (Å²) in [5.74, 6) is -0.324. The largest absolute Gasteiger partial charge is 0.466 e. The molecule has 184 valence electrons. The molecule has 3 aromatic rings. The Bertz CT molecular complexity index is 1190. The fourth-order valence-corrected chi connectivity index (χ4v) is 5.23. The van der Waals surface area contributed by atoms with Crippen LogP contribution in [0.2, 0.25) is 0 Å². The third-order valence-corrected chi connectivity index (χ3v) is 7.01. The molecule has 1 aliphatic carbocycles. The minimum absolute atomic E-state index is 0.230. The Balaban J connectivity index is 1.44. The Kier molecular flexibility index (Phi) is 6.70. The van der Waals surface area contributed by atoms with Crippen molar-refractivity contribution < 1.29 is 23.1 Å². The van der Waals surface area contributed by atoms with Crippen LogP contribution in [0.15, 0.2) is 47.1 Å². The number of carbonyl (C=O) groups excluding carboxylic acids is 2. The average molecular weight is 480 g/mol. The number of ether oxygens (including phenoxy) is 1. The Morgan fingerprint density at radius 1 is 1.09 bits per heavy atom. The highest BCUT2D eigenvalue weighted by atomic mass is 19.1. The molecule has 0 bridgehead atoms. The minimum atomic E-state index is -0.309. The monoisotopic (exact) mass is 479 g/mol. The second-order valence-electron chi connectivity index (χ2n) is 9.30. The molecule has 1 atom stereocenters. The zero-order valence-corrected chi connectivity index (χ0v) is 19.9. The Hall–Kier alpha value is -3.42. The number of imidazole rings is 1. The van der Waals surface area contributed by atoms with Gasteiger partial charge in [0.2, 0.25) is 0 Å². The topological polar surface area (TPSA) is 77.6 Å². The van der Waals surface area contributed by atoms with E-state index in [1.165, 1.54) is 12.1 Å². The van der Waals surface area contributed by atoms with Crippen molar-refractivity contribution in [2.75, 3.05) is 19.7 Å². The maximum Gasteiger partial charge on any atom is 0.310 e. The maximum absolute atomic E-state index is 13.6. The number of esters is 1. The lowest BCUT2D eigenvalue weighted by atomic mass is 9.98. The summed E-state index contributed by atoms with van der Waals surface area (Å²) in [6, 6.07) is 10.0. The van der Waals surface area contributed by atoms with Crippen molar-refractivity contribution in [1.29, 1.82) is 0 Å². The number of halogens is 1. The molecule has 3 heterocycles. The summed E-state index contributed by atoms with van der Waals surface area (Å²) < 4.78 is 27.0. The van der Waals surface area contributed by atoms with Crippen LogP contribution in [-0.2, 0) is 9.53 Å². The lowest BCUT2D eigenvalue weighted by molar-refractivity contribution is -0.149. The number of hydrogen-bond acceptors (Lipinski definition) is 5. The summed E-state index contributed by atoms with van der Waals surface area (Å²) in [4.78, 5) is 31.8. The first-order chi connectivity index (χ1) is 17.0. The number of nitrogens with zero attached hydrogens (tertiary/aromatic N) is 3. The molecule has 1 unspecified atom stereocenters. The Morgan fingerprint density at radius 3 is 2.60 bits per heavy atom. The van der Waals surface area contributed by atoms with Gasteiger partial charge in [0.15, 0.2) is 11.5 Å². The van der Waals surface area contributed by atoms with Crippen LogP contribution in [0.1, 0.15) is 62.0 Å². The zero-order valence-electron chi connectivity index (χ0n) is 19.9. The molecule has 1 amide bonds. The molecule has 2 aliphatic rings. The SMILES string of the molecule is CCOC(=O)C1CCCN(C(=O)c2ccc(-c3c(-c4ccc(F)cc4)ncn3C3CCCC3)o2)C1. The van der Waals surface area contributed by atoms with Gasteiger partial charge in [-0.1, -0.05) is 12.8 Å². The van der Waals surface area contributed by atoms with E-state index in [0.717, 1.165) is 43.4 Å². The van der Waals surface area contributed by atoms with Crippen LogP contribution in [-0.4, -0.2) is 46.0 Å². The molecule has 7 nitrogen and oxygen atoms in total. The van der Waals surface area contributed by atoms with Gasteiger partial charge in [-0.15, -0.1) is 0 Å². The van der Waals surface area contributed by atoms with Crippen LogP contribution >= 0.6 is 0 Å². The molecule has 1 saturated carbocycles. The molecule has 2 aromatic heterocycles. The van der Waals surface area contributed by atoms with E-state index in [2.05, 4.69) is 9.55 Å². The van der Waals surface area contributed by atoms with Gasteiger partial charge in [-0.05, 0) is 69.0 Å². The van der Waals surface area contributed by atoms with Crippen molar-refractivity contribution in [1.82, 2.24) is 14.5 Å². The third kappa shape index (κ3) is 4.74. The highest BCUT2D eigenvalue weighted by Crippen LogP contribution is 2.39. The first-order valence-corrected chi connectivity index (χ1v) is 12.4. The van der Waals surface area contributed by atoms with E-state index in [0.29, 0.717) is 43.6 Å². The number of piperidine rings is 1. The van der Waals surface area contributed by atoms with Crippen LogP contribution in [0.4, 0.5) is 4.39 Å². The molecule has 35 heavy (non-hydrogen) atoms. The predicted octanol–water partition coefficient (Wildman–Crippen LogP) is 5.48. The number of amides is 1. The summed E-state index contributed by atoms with van der Waals surface area (Å²) in [5, 5.41) is 0. The van der Waals surface area contributed by atoms with Gasteiger partial charge in [-0.2, -0.15) is 0 Å². The lowest BCUT2D eigenvalue weighted by Gasteiger charge is -2.30. The van der Waals surface area contributed by atoms with E-state index in [4.69, 9.17) is 9.15 Å². The lowest BCUT2D eigenvalue weighted by Crippen LogP contribution is -2.42. The fourth-order valence-electron chi connectivity index (χ4n) is 5.23. The van der Waals surface area contributed by atoms with Gasteiger partial charge in [0.05, 0.1) is 24.5 Å². The van der Waals surface area contributed by atoms with E-state index in [9.17, 15) is 14.0 Å². The highest BCUT2D eigenvalue weighted by Gasteiger charge is 2.32. The van der Waals surface area contributed by atoms with Gasteiger partial charge in [0.25, 0.3) is 5.91 Å². The molecule has 1 aliphatic heterocycles. The summed E-state index contributed by atoms with van der Waals surface area (Å²) in [6.45, 7) is 3.01. The van der Waals surface area contributed by atoms with Crippen molar-refractivity contribution in [3.63, 3.8) is 0 Å². The van der Waals surface area contributed by atoms with Gasteiger partial charge >= 0.3 is 5.97 Å². The van der Waals surface area contributed by atoms with Crippen LogP contribution in [0.5, 0.6) is 0 Å². The van der Waals surface area contributed by atoms with E-state index in [1.54, 1.807) is 36.1 Å². The van der Waals surface area contributed by atoms with E-state index >= 15 is 0 Å². The number of likely N-dealkylation sites (tertiary alicyclic amines) is 1. The minimum Gasteiger partial charge on any atom is -0.466 e. The maximum atomic E-state index is 13.6. The third-order valence-electron chi connectivity index (χ3n) is 7.01. The molecule has 1 saturated heterocycles. The summed E-state index contributed by atoms with van der Waals surface area (Å²) in [7, 11) is 0. The van der Waals surface area contributed by atoms with E-state index in [1.807, 2.05) is 6.33 Å². The van der Waals surface area contributed by atoms with Crippen molar-refractivity contribution >= 4 is 11.9 Å². The van der Waals surface area contributed by atoms with Crippen molar-refractivity contribution in [2.24, 2.45) is 5.92 Å². The van der Waals surface area contributed by atoms with Crippen molar-refractivity contribution in [3.05, 3.63) is 54.3 Å². The highest BCUT2D eigenvalue weighted by molar-refractivity contribution is 5.93. The summed E-state index contributed by atoms with van der Waals surface area (Å²) >= 11 is 0. The number of rotatable bonds is 6. The number of hydrogen-bond donors (Lipinski definition) is 0. The molecule has 8 heteroatoms. The first-order valence-electron chi connectivity index (χ1n) is 12.4. The second-order valence-corrected chi connectivity index (χ2v) is 9.30.